The SMILES string of the molecule is CNC(CCCN1CCNCC1)C1CCN(C)C1. The third kappa shape index (κ3) is 4.19. The van der Waals surface area contributed by atoms with Gasteiger partial charge in [0.1, 0.15) is 0 Å². The average molecular weight is 254 g/mol. The molecule has 2 heterocycles. The first-order valence-electron chi connectivity index (χ1n) is 7.58. The second-order valence-corrected chi connectivity index (χ2v) is 5.94. The molecule has 0 aromatic carbocycles. The fourth-order valence-corrected chi connectivity index (χ4v) is 3.38. The largest absolute Gasteiger partial charge is 0.317 e. The molecule has 18 heavy (non-hydrogen) atoms. The molecule has 0 bridgehead atoms. The van der Waals surface area contributed by atoms with Gasteiger partial charge in [-0.15, -0.1) is 0 Å². The molecule has 2 atom stereocenters. The standard InChI is InChI=1S/C14H30N4/c1-15-14(13-5-9-17(2)12-13)4-3-8-18-10-6-16-7-11-18/h13-16H,3-12H2,1-2H3. The number of nitrogens with zero attached hydrogens (tertiary/aromatic N) is 2. The van der Waals surface area contributed by atoms with Crippen molar-refractivity contribution in [3.8, 4) is 0 Å². The van der Waals surface area contributed by atoms with Crippen LogP contribution in [0, 0.1) is 5.92 Å². The predicted molar refractivity (Wildman–Crippen MR) is 77.0 cm³/mol. The first-order valence-corrected chi connectivity index (χ1v) is 7.58. The van der Waals surface area contributed by atoms with Gasteiger partial charge in [-0.3, -0.25) is 0 Å². The Balaban J connectivity index is 1.64. The zero-order chi connectivity index (χ0) is 12.8. The van der Waals surface area contributed by atoms with E-state index < -0.39 is 0 Å². The summed E-state index contributed by atoms with van der Waals surface area (Å²) < 4.78 is 0. The number of hydrogen-bond donors (Lipinski definition) is 2. The Labute approximate surface area is 112 Å². The van der Waals surface area contributed by atoms with Crippen LogP contribution in [-0.2, 0) is 0 Å². The van der Waals surface area contributed by atoms with Gasteiger partial charge < -0.3 is 20.4 Å². The molecule has 0 radical (unpaired) electrons. The Bertz CT molecular complexity index is 228. The Morgan fingerprint density at radius 3 is 2.67 bits per heavy atom. The lowest BCUT2D eigenvalue weighted by atomic mass is 9.95. The predicted octanol–water partition coefficient (Wildman–Crippen LogP) is 0.212. The molecule has 2 fully saturated rings. The summed E-state index contributed by atoms with van der Waals surface area (Å²) in [6.45, 7) is 8.64. The topological polar surface area (TPSA) is 30.5 Å². The summed E-state index contributed by atoms with van der Waals surface area (Å²) >= 11 is 0. The average Bonchev–Trinajstić information content (AvgIpc) is 2.82. The van der Waals surface area contributed by atoms with Crippen LogP contribution < -0.4 is 10.6 Å². The Morgan fingerprint density at radius 1 is 1.28 bits per heavy atom. The maximum absolute atomic E-state index is 3.54. The number of hydrogen-bond acceptors (Lipinski definition) is 4. The smallest absolute Gasteiger partial charge is 0.0107 e. The lowest BCUT2D eigenvalue weighted by Crippen LogP contribution is -2.44. The molecule has 2 aliphatic rings. The van der Waals surface area contributed by atoms with Gasteiger partial charge >= 0.3 is 0 Å². The van der Waals surface area contributed by atoms with E-state index in [1.165, 1.54) is 65.1 Å². The maximum atomic E-state index is 3.54. The van der Waals surface area contributed by atoms with E-state index >= 15 is 0 Å². The van der Waals surface area contributed by atoms with Gasteiger partial charge in [-0.1, -0.05) is 0 Å². The number of nitrogens with one attached hydrogen (secondary N) is 2. The van der Waals surface area contributed by atoms with Crippen molar-refractivity contribution in [2.24, 2.45) is 5.92 Å². The van der Waals surface area contributed by atoms with E-state index in [9.17, 15) is 0 Å². The molecule has 2 aliphatic heterocycles. The highest BCUT2D eigenvalue weighted by molar-refractivity contribution is 4.83. The minimum Gasteiger partial charge on any atom is -0.317 e. The molecule has 0 aromatic heterocycles. The molecule has 2 saturated heterocycles. The molecule has 0 aliphatic carbocycles. The zero-order valence-electron chi connectivity index (χ0n) is 12.1. The Morgan fingerprint density at radius 2 is 2.06 bits per heavy atom. The zero-order valence-corrected chi connectivity index (χ0v) is 12.1. The lowest BCUT2D eigenvalue weighted by Gasteiger charge is -2.28. The molecule has 4 nitrogen and oxygen atoms in total. The van der Waals surface area contributed by atoms with Crippen molar-refractivity contribution in [1.82, 2.24) is 20.4 Å². The molecular weight excluding hydrogens is 224 g/mol. The van der Waals surface area contributed by atoms with E-state index in [-0.39, 0.29) is 0 Å². The van der Waals surface area contributed by atoms with Gasteiger partial charge in [-0.05, 0) is 52.4 Å². The van der Waals surface area contributed by atoms with Crippen LogP contribution in [0.4, 0.5) is 0 Å². The van der Waals surface area contributed by atoms with Crippen molar-refractivity contribution in [3.05, 3.63) is 0 Å². The third-order valence-corrected chi connectivity index (χ3v) is 4.57. The van der Waals surface area contributed by atoms with E-state index in [0.717, 1.165) is 12.0 Å². The van der Waals surface area contributed by atoms with Gasteiger partial charge in [-0.2, -0.15) is 0 Å². The molecule has 0 saturated carbocycles. The van der Waals surface area contributed by atoms with Crippen molar-refractivity contribution in [3.63, 3.8) is 0 Å². The minimum atomic E-state index is 0.720. The monoisotopic (exact) mass is 254 g/mol. The molecule has 2 unspecified atom stereocenters. The number of likely N-dealkylation sites (tertiary alicyclic amines) is 1. The number of rotatable bonds is 6. The van der Waals surface area contributed by atoms with Gasteiger partial charge in [0.05, 0.1) is 0 Å². The minimum absolute atomic E-state index is 0.720. The van der Waals surface area contributed by atoms with Gasteiger partial charge in [0.25, 0.3) is 0 Å². The van der Waals surface area contributed by atoms with E-state index in [0.29, 0.717) is 0 Å². The lowest BCUT2D eigenvalue weighted by molar-refractivity contribution is 0.227. The van der Waals surface area contributed by atoms with Crippen LogP contribution in [0.25, 0.3) is 0 Å². The molecule has 106 valence electrons. The van der Waals surface area contributed by atoms with Crippen molar-refractivity contribution in [1.29, 1.82) is 0 Å². The van der Waals surface area contributed by atoms with Crippen LogP contribution in [0.15, 0.2) is 0 Å². The summed E-state index contributed by atoms with van der Waals surface area (Å²) in [5, 5.41) is 6.96. The fraction of sp³-hybridized carbons (Fsp3) is 1.00. The Hall–Kier alpha value is -0.160. The fourth-order valence-electron chi connectivity index (χ4n) is 3.38. The molecule has 4 heteroatoms. The van der Waals surface area contributed by atoms with Gasteiger partial charge in [0.15, 0.2) is 0 Å². The van der Waals surface area contributed by atoms with Crippen molar-refractivity contribution < 1.29 is 0 Å². The summed E-state index contributed by atoms with van der Waals surface area (Å²) in [6.07, 6.45) is 4.04. The second kappa shape index (κ2) is 7.43. The first-order chi connectivity index (χ1) is 8.79. The molecule has 2 rings (SSSR count). The van der Waals surface area contributed by atoms with Gasteiger partial charge in [0, 0.05) is 38.8 Å². The molecule has 0 spiro atoms. The second-order valence-electron chi connectivity index (χ2n) is 5.94. The van der Waals surface area contributed by atoms with E-state index in [2.05, 4.69) is 34.5 Å². The molecule has 0 amide bonds. The first kappa shape index (κ1) is 14.3. The van der Waals surface area contributed by atoms with E-state index in [1.807, 2.05) is 0 Å². The molecular formula is C14H30N4. The summed E-state index contributed by atoms with van der Waals surface area (Å²) in [6, 6.07) is 0.720. The summed E-state index contributed by atoms with van der Waals surface area (Å²) in [5.41, 5.74) is 0. The molecule has 0 aromatic rings. The van der Waals surface area contributed by atoms with Crippen molar-refractivity contribution in [2.45, 2.75) is 25.3 Å². The highest BCUT2D eigenvalue weighted by atomic mass is 15.2. The Kier molecular flexibility index (Phi) is 5.89. The van der Waals surface area contributed by atoms with Crippen LogP contribution in [0.1, 0.15) is 19.3 Å². The van der Waals surface area contributed by atoms with Crippen LogP contribution >= 0.6 is 0 Å². The van der Waals surface area contributed by atoms with Crippen molar-refractivity contribution >= 4 is 0 Å². The third-order valence-electron chi connectivity index (χ3n) is 4.57. The van der Waals surface area contributed by atoms with Crippen LogP contribution in [0.3, 0.4) is 0 Å². The van der Waals surface area contributed by atoms with E-state index in [4.69, 9.17) is 0 Å². The highest BCUT2D eigenvalue weighted by Gasteiger charge is 2.26. The van der Waals surface area contributed by atoms with Gasteiger partial charge in [-0.25, -0.2) is 0 Å². The van der Waals surface area contributed by atoms with Crippen molar-refractivity contribution in [2.75, 3.05) is 59.9 Å². The quantitative estimate of drug-likeness (QED) is 0.709. The normalized spacial score (nSPS) is 28.7. The van der Waals surface area contributed by atoms with E-state index in [1.54, 1.807) is 0 Å². The highest BCUT2D eigenvalue weighted by Crippen LogP contribution is 2.21. The van der Waals surface area contributed by atoms with Crippen LogP contribution in [0.5, 0.6) is 0 Å². The summed E-state index contributed by atoms with van der Waals surface area (Å²) in [5.74, 6) is 0.864. The van der Waals surface area contributed by atoms with Crippen LogP contribution in [0.2, 0.25) is 0 Å². The van der Waals surface area contributed by atoms with Crippen LogP contribution in [-0.4, -0.2) is 75.8 Å². The molecule has 2 N–H and O–H groups in total. The maximum Gasteiger partial charge on any atom is 0.0107 e. The summed E-state index contributed by atoms with van der Waals surface area (Å²) in [7, 11) is 4.38. The van der Waals surface area contributed by atoms with Gasteiger partial charge in [0.2, 0.25) is 0 Å². The summed E-state index contributed by atoms with van der Waals surface area (Å²) in [4.78, 5) is 5.06. The number of piperazine rings is 1.